The maximum atomic E-state index is 12.7. The first-order valence-corrected chi connectivity index (χ1v) is 3.52. The van der Waals surface area contributed by atoms with Crippen molar-refractivity contribution in [1.29, 1.82) is 0 Å². The lowest BCUT2D eigenvalue weighted by molar-refractivity contribution is -0.276. The molecule has 0 aliphatic carbocycles. The van der Waals surface area contributed by atoms with Crippen molar-refractivity contribution in [1.82, 2.24) is 4.98 Å². The highest BCUT2D eigenvalue weighted by Gasteiger charge is 2.31. The van der Waals surface area contributed by atoms with Crippen LogP contribution in [0.5, 0.6) is 5.88 Å². The highest BCUT2D eigenvalue weighted by Crippen LogP contribution is 2.21. The van der Waals surface area contributed by atoms with Gasteiger partial charge in [-0.15, -0.1) is 13.2 Å². The molecule has 0 amide bonds. The second kappa shape index (κ2) is 3.79. The van der Waals surface area contributed by atoms with Gasteiger partial charge >= 0.3 is 6.36 Å². The smallest absolute Gasteiger partial charge is 0.388 e. The highest BCUT2D eigenvalue weighted by molar-refractivity contribution is 5.21. The largest absolute Gasteiger partial charge is 0.574 e. The monoisotopic (exact) mass is 210 g/mol. The number of halogens is 4. The van der Waals surface area contributed by atoms with E-state index < -0.39 is 18.1 Å². The third kappa shape index (κ3) is 2.84. The molecule has 7 heteroatoms. The molecular formula is C7H6F4N2O. The SMILES string of the molecule is NCc1cc(OC(F)(F)F)ncc1F. The molecule has 3 nitrogen and oxygen atoms in total. The van der Waals surface area contributed by atoms with Crippen molar-refractivity contribution in [2.75, 3.05) is 0 Å². The fourth-order valence-electron chi connectivity index (χ4n) is 0.789. The van der Waals surface area contributed by atoms with Crippen molar-refractivity contribution in [3.8, 4) is 5.88 Å². The van der Waals surface area contributed by atoms with Gasteiger partial charge in [-0.2, -0.15) is 0 Å². The molecule has 1 rings (SSSR count). The summed E-state index contributed by atoms with van der Waals surface area (Å²) in [4.78, 5) is 3.10. The average Bonchev–Trinajstić information content (AvgIpc) is 2.06. The molecule has 14 heavy (non-hydrogen) atoms. The summed E-state index contributed by atoms with van der Waals surface area (Å²) in [7, 11) is 0. The Morgan fingerprint density at radius 2 is 2.07 bits per heavy atom. The molecule has 1 aromatic heterocycles. The van der Waals surface area contributed by atoms with Crippen molar-refractivity contribution in [3.63, 3.8) is 0 Å². The summed E-state index contributed by atoms with van der Waals surface area (Å²) in [6.07, 6.45) is -4.21. The summed E-state index contributed by atoms with van der Waals surface area (Å²) in [5, 5.41) is 0. The third-order valence-electron chi connectivity index (χ3n) is 1.35. The van der Waals surface area contributed by atoms with Gasteiger partial charge in [0.2, 0.25) is 5.88 Å². The predicted molar refractivity (Wildman–Crippen MR) is 38.8 cm³/mol. The molecule has 0 fully saturated rings. The predicted octanol–water partition coefficient (Wildman–Crippen LogP) is 1.58. The normalized spacial score (nSPS) is 11.5. The summed E-state index contributed by atoms with van der Waals surface area (Å²) in [5.41, 5.74) is 4.99. The van der Waals surface area contributed by atoms with Crippen LogP contribution in [0.4, 0.5) is 17.6 Å². The minimum absolute atomic E-state index is 0.0840. The van der Waals surface area contributed by atoms with Gasteiger partial charge in [-0.05, 0) is 0 Å². The van der Waals surface area contributed by atoms with Gasteiger partial charge in [-0.3, -0.25) is 0 Å². The van der Waals surface area contributed by atoms with Gasteiger partial charge in [0, 0.05) is 18.2 Å². The van der Waals surface area contributed by atoms with Crippen molar-refractivity contribution in [2.24, 2.45) is 5.73 Å². The van der Waals surface area contributed by atoms with Gasteiger partial charge in [-0.1, -0.05) is 0 Å². The average molecular weight is 210 g/mol. The zero-order valence-corrected chi connectivity index (χ0v) is 6.81. The lowest BCUT2D eigenvalue weighted by Gasteiger charge is -2.08. The number of nitrogens with two attached hydrogens (primary N) is 1. The number of hydrogen-bond donors (Lipinski definition) is 1. The molecule has 0 unspecified atom stereocenters. The van der Waals surface area contributed by atoms with E-state index in [4.69, 9.17) is 5.73 Å². The van der Waals surface area contributed by atoms with Crippen LogP contribution in [-0.4, -0.2) is 11.3 Å². The first-order valence-electron chi connectivity index (χ1n) is 3.52. The first-order chi connectivity index (χ1) is 6.42. The molecule has 1 aromatic rings. The molecule has 0 radical (unpaired) electrons. The van der Waals surface area contributed by atoms with Crippen LogP contribution in [0.3, 0.4) is 0 Å². The molecule has 0 aliphatic rings. The van der Waals surface area contributed by atoms with E-state index in [9.17, 15) is 17.6 Å². The third-order valence-corrected chi connectivity index (χ3v) is 1.35. The first kappa shape index (κ1) is 10.7. The van der Waals surface area contributed by atoms with Gasteiger partial charge in [0.15, 0.2) is 0 Å². The number of alkyl halides is 3. The zero-order chi connectivity index (χ0) is 10.8. The maximum Gasteiger partial charge on any atom is 0.574 e. The van der Waals surface area contributed by atoms with Crippen LogP contribution in [-0.2, 0) is 6.54 Å². The standard InChI is InChI=1S/C7H6F4N2O/c8-5-3-13-6(1-4(5)2-12)14-7(9,10)11/h1,3H,2,12H2. The molecule has 78 valence electrons. The number of aromatic nitrogens is 1. The zero-order valence-electron chi connectivity index (χ0n) is 6.81. The minimum Gasteiger partial charge on any atom is -0.388 e. The van der Waals surface area contributed by atoms with Gasteiger partial charge in [0.05, 0.1) is 6.20 Å². The molecule has 0 aliphatic heterocycles. The Morgan fingerprint density at radius 3 is 2.57 bits per heavy atom. The lowest BCUT2D eigenvalue weighted by atomic mass is 10.2. The maximum absolute atomic E-state index is 12.7. The Kier molecular flexibility index (Phi) is 2.90. The van der Waals surface area contributed by atoms with Crippen LogP contribution in [0.15, 0.2) is 12.3 Å². The van der Waals surface area contributed by atoms with Crippen LogP contribution < -0.4 is 10.5 Å². The Labute approximate surface area is 76.5 Å². The lowest BCUT2D eigenvalue weighted by Crippen LogP contribution is -2.18. The van der Waals surface area contributed by atoms with E-state index in [1.54, 1.807) is 0 Å². The Morgan fingerprint density at radius 1 is 1.43 bits per heavy atom. The summed E-state index contributed by atoms with van der Waals surface area (Å²) in [6, 6.07) is 0.808. The van der Waals surface area contributed by atoms with E-state index in [0.717, 1.165) is 6.07 Å². The van der Waals surface area contributed by atoms with Crippen LogP contribution in [0.25, 0.3) is 0 Å². The number of rotatable bonds is 2. The van der Waals surface area contributed by atoms with Crippen molar-refractivity contribution in [3.05, 3.63) is 23.6 Å². The highest BCUT2D eigenvalue weighted by atomic mass is 19.4. The summed E-state index contributed by atoms with van der Waals surface area (Å²) >= 11 is 0. The number of pyridine rings is 1. The van der Waals surface area contributed by atoms with E-state index >= 15 is 0 Å². The molecule has 0 bridgehead atoms. The number of hydrogen-bond acceptors (Lipinski definition) is 3. The molecule has 0 saturated carbocycles. The van der Waals surface area contributed by atoms with Crippen molar-refractivity contribution >= 4 is 0 Å². The van der Waals surface area contributed by atoms with E-state index in [2.05, 4.69) is 9.72 Å². The fraction of sp³-hybridized carbons (Fsp3) is 0.286. The second-order valence-corrected chi connectivity index (χ2v) is 2.37. The topological polar surface area (TPSA) is 48.1 Å². The van der Waals surface area contributed by atoms with Gasteiger partial charge < -0.3 is 10.5 Å². The molecular weight excluding hydrogens is 204 g/mol. The Bertz CT molecular complexity index is 326. The molecule has 2 N–H and O–H groups in total. The Balaban J connectivity index is 2.90. The summed E-state index contributed by atoms with van der Waals surface area (Å²) in [6.45, 7) is -0.220. The van der Waals surface area contributed by atoms with Gasteiger partial charge in [0.25, 0.3) is 0 Å². The Hall–Kier alpha value is -1.37. The summed E-state index contributed by atoms with van der Waals surface area (Å²) in [5.74, 6) is -1.48. The minimum atomic E-state index is -4.84. The van der Waals surface area contributed by atoms with Crippen molar-refractivity contribution in [2.45, 2.75) is 12.9 Å². The van der Waals surface area contributed by atoms with E-state index in [1.807, 2.05) is 0 Å². The van der Waals surface area contributed by atoms with Crippen LogP contribution in [0, 0.1) is 5.82 Å². The second-order valence-electron chi connectivity index (χ2n) is 2.37. The van der Waals surface area contributed by atoms with Crippen LogP contribution >= 0.6 is 0 Å². The van der Waals surface area contributed by atoms with Crippen LogP contribution in [0.1, 0.15) is 5.56 Å². The molecule has 0 spiro atoms. The van der Waals surface area contributed by atoms with Gasteiger partial charge in [-0.25, -0.2) is 9.37 Å². The molecule has 0 atom stereocenters. The molecule has 0 saturated heterocycles. The molecule has 0 aromatic carbocycles. The van der Waals surface area contributed by atoms with Gasteiger partial charge in [0.1, 0.15) is 5.82 Å². The number of nitrogens with zero attached hydrogens (tertiary/aromatic N) is 1. The quantitative estimate of drug-likeness (QED) is 0.754. The van der Waals surface area contributed by atoms with E-state index in [1.165, 1.54) is 0 Å². The number of ether oxygens (including phenoxy) is 1. The van der Waals surface area contributed by atoms with E-state index in [0.29, 0.717) is 6.20 Å². The fourth-order valence-corrected chi connectivity index (χ4v) is 0.789. The van der Waals surface area contributed by atoms with Crippen molar-refractivity contribution < 1.29 is 22.3 Å². The van der Waals surface area contributed by atoms with E-state index in [-0.39, 0.29) is 12.1 Å². The molecule has 1 heterocycles. The van der Waals surface area contributed by atoms with Crippen LogP contribution in [0.2, 0.25) is 0 Å². The summed E-state index contributed by atoms with van der Waals surface area (Å²) < 4.78 is 51.3.